The number of carbonyl (C=O) groups is 1. The fraction of sp³-hybridized carbons (Fsp3) is 0.974. The van der Waals surface area contributed by atoms with Gasteiger partial charge >= 0.3 is 6.16 Å². The van der Waals surface area contributed by atoms with Crippen molar-refractivity contribution < 1.29 is 19.4 Å². The molecule has 0 bridgehead atoms. The van der Waals surface area contributed by atoms with Crippen molar-refractivity contribution in [2.75, 3.05) is 13.2 Å². The molecule has 0 amide bonds. The summed E-state index contributed by atoms with van der Waals surface area (Å²) in [4.78, 5) is 11.1. The van der Waals surface area contributed by atoms with Gasteiger partial charge in [0.05, 0.1) is 6.61 Å². The molecular formula is C39H78O4. The molecule has 0 aliphatic carbocycles. The van der Waals surface area contributed by atoms with Crippen molar-refractivity contribution in [3.05, 3.63) is 0 Å². The first-order valence-electron chi connectivity index (χ1n) is 19.7. The maximum Gasteiger partial charge on any atom is 0.506 e. The van der Waals surface area contributed by atoms with Crippen LogP contribution < -0.4 is 0 Å². The third-order valence-corrected chi connectivity index (χ3v) is 9.09. The number of carboxylic acid groups (broad SMARTS) is 1. The van der Waals surface area contributed by atoms with Crippen LogP contribution in [0.1, 0.15) is 226 Å². The lowest BCUT2D eigenvalue weighted by Gasteiger charge is -2.16. The summed E-state index contributed by atoms with van der Waals surface area (Å²) in [5.41, 5.74) is 0. The monoisotopic (exact) mass is 611 g/mol. The molecule has 4 heteroatoms. The molecule has 1 atom stereocenters. The van der Waals surface area contributed by atoms with E-state index in [9.17, 15) is 4.79 Å². The van der Waals surface area contributed by atoms with Crippen molar-refractivity contribution in [1.82, 2.24) is 0 Å². The minimum Gasteiger partial charge on any atom is -0.450 e. The zero-order valence-corrected chi connectivity index (χ0v) is 29.5. The van der Waals surface area contributed by atoms with Crippen molar-refractivity contribution in [2.45, 2.75) is 232 Å². The van der Waals surface area contributed by atoms with E-state index in [0.717, 1.165) is 32.3 Å². The summed E-state index contributed by atoms with van der Waals surface area (Å²) >= 11 is 0. The molecule has 1 unspecified atom stereocenters. The van der Waals surface area contributed by atoms with Crippen LogP contribution in [-0.2, 0) is 9.47 Å². The summed E-state index contributed by atoms with van der Waals surface area (Å²) in [6, 6.07) is 0. The molecule has 0 heterocycles. The van der Waals surface area contributed by atoms with E-state index in [0.29, 0.717) is 6.61 Å². The average Bonchev–Trinajstić information content (AvgIpc) is 2.99. The van der Waals surface area contributed by atoms with Crippen molar-refractivity contribution in [3.8, 4) is 0 Å². The Hall–Kier alpha value is -0.770. The molecule has 1 N–H and O–H groups in total. The molecule has 0 saturated carbocycles. The number of rotatable bonds is 37. The average molecular weight is 611 g/mol. The van der Waals surface area contributed by atoms with Gasteiger partial charge in [0.1, 0.15) is 6.10 Å². The predicted octanol–water partition coefficient (Wildman–Crippen LogP) is 14.0. The maximum atomic E-state index is 11.1. The lowest BCUT2D eigenvalue weighted by atomic mass is 10.0. The second-order valence-electron chi connectivity index (χ2n) is 13.5. The Morgan fingerprint density at radius 1 is 0.442 bits per heavy atom. The number of unbranched alkanes of at least 4 members (excludes halogenated alkanes) is 30. The highest BCUT2D eigenvalue weighted by molar-refractivity contribution is 5.57. The minimum atomic E-state index is -1.17. The number of ether oxygens (including phenoxy) is 2. The molecule has 43 heavy (non-hydrogen) atoms. The lowest BCUT2D eigenvalue weighted by Crippen LogP contribution is -2.23. The van der Waals surface area contributed by atoms with Crippen LogP contribution in [0.4, 0.5) is 4.79 Å². The summed E-state index contributed by atoms with van der Waals surface area (Å²) in [6.45, 7) is 5.70. The Morgan fingerprint density at radius 2 is 0.721 bits per heavy atom. The Kier molecular flexibility index (Phi) is 36.7. The smallest absolute Gasteiger partial charge is 0.450 e. The van der Waals surface area contributed by atoms with Crippen molar-refractivity contribution in [1.29, 1.82) is 0 Å². The topological polar surface area (TPSA) is 55.8 Å². The maximum absolute atomic E-state index is 11.1. The largest absolute Gasteiger partial charge is 0.506 e. The summed E-state index contributed by atoms with van der Waals surface area (Å²) in [6.07, 6.45) is 42.7. The van der Waals surface area contributed by atoms with Crippen LogP contribution >= 0.6 is 0 Å². The van der Waals surface area contributed by atoms with Crippen LogP contribution in [0.5, 0.6) is 0 Å². The van der Waals surface area contributed by atoms with Crippen LogP contribution in [0, 0.1) is 0 Å². The summed E-state index contributed by atoms with van der Waals surface area (Å²) in [5, 5.41) is 9.09. The van der Waals surface area contributed by atoms with Gasteiger partial charge in [0.2, 0.25) is 0 Å². The first-order chi connectivity index (χ1) is 21.2. The number of hydrogen-bond acceptors (Lipinski definition) is 3. The van der Waals surface area contributed by atoms with E-state index in [1.165, 1.54) is 186 Å². The third kappa shape index (κ3) is 37.3. The van der Waals surface area contributed by atoms with Gasteiger partial charge in [-0.15, -0.1) is 0 Å². The molecular weight excluding hydrogens is 532 g/mol. The highest BCUT2D eigenvalue weighted by atomic mass is 16.7. The fourth-order valence-electron chi connectivity index (χ4n) is 6.21. The Labute approximate surface area is 270 Å². The van der Waals surface area contributed by atoms with Crippen LogP contribution in [-0.4, -0.2) is 30.6 Å². The first kappa shape index (κ1) is 42.2. The van der Waals surface area contributed by atoms with E-state index < -0.39 is 6.16 Å². The SMILES string of the molecule is CCCCCCCCCCCCCCCCCCOCC(CCCCCCCCCCCCCCCCCC)OC(=O)O. The van der Waals surface area contributed by atoms with Gasteiger partial charge in [-0.3, -0.25) is 0 Å². The van der Waals surface area contributed by atoms with Crippen LogP contribution in [0.3, 0.4) is 0 Å². The van der Waals surface area contributed by atoms with Gasteiger partial charge in [0.25, 0.3) is 0 Å². The van der Waals surface area contributed by atoms with Crippen molar-refractivity contribution in [2.24, 2.45) is 0 Å². The van der Waals surface area contributed by atoms with Gasteiger partial charge in [-0.1, -0.05) is 206 Å². The number of hydrogen-bond donors (Lipinski definition) is 1. The van der Waals surface area contributed by atoms with Crippen LogP contribution in [0.25, 0.3) is 0 Å². The summed E-state index contributed by atoms with van der Waals surface area (Å²) < 4.78 is 10.9. The third-order valence-electron chi connectivity index (χ3n) is 9.09. The molecule has 0 saturated heterocycles. The molecule has 0 aromatic carbocycles. The van der Waals surface area contributed by atoms with E-state index in [1.807, 2.05) is 0 Å². The molecule has 0 radical (unpaired) electrons. The molecule has 0 rings (SSSR count). The molecule has 0 spiro atoms. The Morgan fingerprint density at radius 3 is 1.02 bits per heavy atom. The highest BCUT2D eigenvalue weighted by Gasteiger charge is 2.13. The Bertz CT molecular complexity index is 523. The second-order valence-corrected chi connectivity index (χ2v) is 13.5. The molecule has 0 fully saturated rings. The normalized spacial score (nSPS) is 12.1. The Balaban J connectivity index is 3.45. The van der Waals surface area contributed by atoms with E-state index in [2.05, 4.69) is 13.8 Å². The zero-order chi connectivity index (χ0) is 31.3. The standard InChI is InChI=1S/C39H78O4/c1-3-5-7-9-11-13-15-17-19-21-23-25-27-29-31-33-35-38(43-39(40)41)37-42-36-34-32-30-28-26-24-22-20-18-16-14-12-10-8-6-4-2/h38H,3-37H2,1-2H3,(H,40,41). The van der Waals surface area contributed by atoms with Gasteiger partial charge in [-0.25, -0.2) is 4.79 Å². The molecule has 0 aliphatic heterocycles. The molecule has 0 aliphatic rings. The van der Waals surface area contributed by atoms with Crippen molar-refractivity contribution in [3.63, 3.8) is 0 Å². The van der Waals surface area contributed by atoms with Gasteiger partial charge in [-0.2, -0.15) is 0 Å². The van der Waals surface area contributed by atoms with Gasteiger partial charge in [0, 0.05) is 6.61 Å². The molecule has 258 valence electrons. The van der Waals surface area contributed by atoms with Crippen LogP contribution in [0.15, 0.2) is 0 Å². The van der Waals surface area contributed by atoms with Crippen molar-refractivity contribution >= 4 is 6.16 Å². The van der Waals surface area contributed by atoms with E-state index in [-0.39, 0.29) is 6.10 Å². The first-order valence-corrected chi connectivity index (χ1v) is 19.7. The summed E-state index contributed by atoms with van der Waals surface area (Å²) in [7, 11) is 0. The van der Waals surface area contributed by atoms with Gasteiger partial charge < -0.3 is 14.6 Å². The summed E-state index contributed by atoms with van der Waals surface area (Å²) in [5.74, 6) is 0. The quantitative estimate of drug-likeness (QED) is 0.0561. The minimum absolute atomic E-state index is 0.315. The predicted molar refractivity (Wildman–Crippen MR) is 187 cm³/mol. The highest BCUT2D eigenvalue weighted by Crippen LogP contribution is 2.16. The van der Waals surface area contributed by atoms with Gasteiger partial charge in [-0.05, 0) is 19.3 Å². The molecule has 0 aromatic heterocycles. The van der Waals surface area contributed by atoms with E-state index >= 15 is 0 Å². The fourth-order valence-corrected chi connectivity index (χ4v) is 6.21. The zero-order valence-electron chi connectivity index (χ0n) is 29.5. The second kappa shape index (κ2) is 37.4. The van der Waals surface area contributed by atoms with E-state index in [4.69, 9.17) is 14.6 Å². The molecule has 4 nitrogen and oxygen atoms in total. The van der Waals surface area contributed by atoms with Gasteiger partial charge in [0.15, 0.2) is 0 Å². The van der Waals surface area contributed by atoms with E-state index in [1.54, 1.807) is 0 Å². The lowest BCUT2D eigenvalue weighted by molar-refractivity contribution is -0.00676. The molecule has 0 aromatic rings. The van der Waals surface area contributed by atoms with Crippen LogP contribution in [0.2, 0.25) is 0 Å².